The van der Waals surface area contributed by atoms with Gasteiger partial charge in [-0.1, -0.05) is 81.0 Å². The Balaban J connectivity index is 1.97. The summed E-state index contributed by atoms with van der Waals surface area (Å²) in [6.07, 6.45) is 3.28. The smallest absolute Gasteiger partial charge is 0.338 e. The first-order valence-electron chi connectivity index (χ1n) is 12.9. The maximum atomic E-state index is 13.9. The number of nitrogens with zero attached hydrogens (tertiary/aromatic N) is 2. The highest BCUT2D eigenvalue weighted by Crippen LogP contribution is 2.33. The van der Waals surface area contributed by atoms with E-state index in [0.717, 1.165) is 23.3 Å². The van der Waals surface area contributed by atoms with E-state index in [-0.39, 0.29) is 12.2 Å². The van der Waals surface area contributed by atoms with Gasteiger partial charge in [-0.05, 0) is 49.5 Å². The van der Waals surface area contributed by atoms with Gasteiger partial charge in [-0.25, -0.2) is 9.79 Å². The van der Waals surface area contributed by atoms with Gasteiger partial charge in [-0.15, -0.1) is 0 Å². The van der Waals surface area contributed by atoms with Crippen LogP contribution in [0.5, 0.6) is 5.75 Å². The lowest BCUT2D eigenvalue weighted by atomic mass is 9.92. The van der Waals surface area contributed by atoms with Crippen LogP contribution in [-0.2, 0) is 9.53 Å². The SMILES string of the molecule is CCCC1=C(C(=O)OCC)[C@H](c2ccc(C(C)C)cc2)n2c(s/c(=C\c3ccccc3OCC)c2=O)=N1. The van der Waals surface area contributed by atoms with Gasteiger partial charge >= 0.3 is 5.97 Å². The van der Waals surface area contributed by atoms with Gasteiger partial charge in [0.1, 0.15) is 5.75 Å². The summed E-state index contributed by atoms with van der Waals surface area (Å²) in [7, 11) is 0. The van der Waals surface area contributed by atoms with Gasteiger partial charge in [-0.2, -0.15) is 0 Å². The van der Waals surface area contributed by atoms with E-state index in [1.807, 2.05) is 49.4 Å². The second-order valence-electron chi connectivity index (χ2n) is 9.21. The fourth-order valence-corrected chi connectivity index (χ4v) is 5.54. The van der Waals surface area contributed by atoms with Gasteiger partial charge in [0.25, 0.3) is 5.56 Å². The molecule has 0 spiro atoms. The molecule has 37 heavy (non-hydrogen) atoms. The van der Waals surface area contributed by atoms with Crippen LogP contribution in [0.2, 0.25) is 0 Å². The van der Waals surface area contributed by atoms with Crippen LogP contribution >= 0.6 is 11.3 Å². The summed E-state index contributed by atoms with van der Waals surface area (Å²) < 4.78 is 13.4. The summed E-state index contributed by atoms with van der Waals surface area (Å²) in [5, 5.41) is 0. The fourth-order valence-electron chi connectivity index (χ4n) is 4.53. The van der Waals surface area contributed by atoms with E-state index in [9.17, 15) is 9.59 Å². The lowest BCUT2D eigenvalue weighted by Gasteiger charge is -2.26. The number of thiazole rings is 1. The molecule has 0 N–H and O–H groups in total. The molecular formula is C30H34N2O4S. The molecule has 7 heteroatoms. The van der Waals surface area contributed by atoms with Crippen LogP contribution in [0.3, 0.4) is 0 Å². The first kappa shape index (κ1) is 26.6. The molecule has 0 saturated carbocycles. The van der Waals surface area contributed by atoms with E-state index < -0.39 is 12.0 Å². The maximum Gasteiger partial charge on any atom is 0.338 e. The molecular weight excluding hydrogens is 484 g/mol. The van der Waals surface area contributed by atoms with Crippen LogP contribution in [0.25, 0.3) is 6.08 Å². The average molecular weight is 519 g/mol. The Labute approximate surface area is 221 Å². The largest absolute Gasteiger partial charge is 0.493 e. The fraction of sp³-hybridized carbons (Fsp3) is 0.367. The molecule has 6 nitrogen and oxygen atoms in total. The standard InChI is InChI=1S/C30H34N2O4S/c1-6-11-23-26(29(34)36-8-3)27(21-16-14-20(15-17-21)19(4)5)32-28(33)25(37-30(32)31-23)18-22-12-9-10-13-24(22)35-7-2/h9-10,12-19,27H,6-8,11H2,1-5H3/b25-18-/t27-/m0/s1. The molecule has 1 aliphatic heterocycles. The van der Waals surface area contributed by atoms with Gasteiger partial charge in [-0.3, -0.25) is 9.36 Å². The molecule has 194 valence electrons. The number of carbonyl (C=O) groups excluding carboxylic acids is 1. The number of aromatic nitrogens is 1. The molecule has 2 heterocycles. The average Bonchev–Trinajstić information content (AvgIpc) is 3.19. The van der Waals surface area contributed by atoms with Crippen LogP contribution < -0.4 is 19.6 Å². The second-order valence-corrected chi connectivity index (χ2v) is 10.2. The first-order valence-corrected chi connectivity index (χ1v) is 13.7. The Bertz CT molecular complexity index is 1480. The highest BCUT2D eigenvalue weighted by Gasteiger charge is 2.34. The Kier molecular flexibility index (Phi) is 8.44. The zero-order valence-corrected chi connectivity index (χ0v) is 22.9. The number of hydrogen-bond acceptors (Lipinski definition) is 6. The van der Waals surface area contributed by atoms with Gasteiger partial charge in [0, 0.05) is 5.56 Å². The molecule has 1 aliphatic rings. The van der Waals surface area contributed by atoms with Crippen LogP contribution in [0.1, 0.15) is 76.1 Å². The molecule has 0 saturated heterocycles. The Hall–Kier alpha value is -3.45. The highest BCUT2D eigenvalue weighted by atomic mass is 32.1. The van der Waals surface area contributed by atoms with Crippen molar-refractivity contribution in [3.63, 3.8) is 0 Å². The minimum Gasteiger partial charge on any atom is -0.493 e. The summed E-state index contributed by atoms with van der Waals surface area (Å²) in [6, 6.07) is 15.2. The third-order valence-electron chi connectivity index (χ3n) is 6.32. The van der Waals surface area contributed by atoms with E-state index in [4.69, 9.17) is 14.5 Å². The normalized spacial score (nSPS) is 15.5. The van der Waals surface area contributed by atoms with Gasteiger partial charge in [0.05, 0.1) is 35.1 Å². The lowest BCUT2D eigenvalue weighted by molar-refractivity contribution is -0.139. The zero-order valence-electron chi connectivity index (χ0n) is 22.1. The van der Waals surface area contributed by atoms with E-state index in [1.165, 1.54) is 16.9 Å². The van der Waals surface area contributed by atoms with Crippen molar-refractivity contribution in [3.05, 3.63) is 96.2 Å². The number of para-hydroxylation sites is 1. The minimum absolute atomic E-state index is 0.190. The van der Waals surface area contributed by atoms with Crippen molar-refractivity contribution in [2.24, 2.45) is 4.99 Å². The van der Waals surface area contributed by atoms with Crippen molar-refractivity contribution in [2.45, 2.75) is 59.4 Å². The predicted molar refractivity (Wildman–Crippen MR) is 148 cm³/mol. The molecule has 1 atom stereocenters. The molecule has 0 radical (unpaired) electrons. The Morgan fingerprint density at radius 2 is 1.81 bits per heavy atom. The van der Waals surface area contributed by atoms with Crippen molar-refractivity contribution in [2.75, 3.05) is 13.2 Å². The number of hydrogen-bond donors (Lipinski definition) is 0. The topological polar surface area (TPSA) is 69.9 Å². The van der Waals surface area contributed by atoms with Crippen molar-refractivity contribution in [1.29, 1.82) is 0 Å². The van der Waals surface area contributed by atoms with Gasteiger partial charge in [0.15, 0.2) is 4.80 Å². The molecule has 0 amide bonds. The number of ether oxygens (including phenoxy) is 2. The second kappa shape index (κ2) is 11.7. The van der Waals surface area contributed by atoms with Crippen molar-refractivity contribution < 1.29 is 14.3 Å². The number of allylic oxidation sites excluding steroid dienone is 1. The summed E-state index contributed by atoms with van der Waals surface area (Å²) in [5.41, 5.74) is 3.81. The monoisotopic (exact) mass is 518 g/mol. The molecule has 3 aromatic rings. The van der Waals surface area contributed by atoms with Crippen LogP contribution in [-0.4, -0.2) is 23.8 Å². The predicted octanol–water partition coefficient (Wildman–Crippen LogP) is 5.10. The van der Waals surface area contributed by atoms with Crippen molar-refractivity contribution in [1.82, 2.24) is 4.57 Å². The van der Waals surface area contributed by atoms with Crippen LogP contribution in [0.15, 0.2) is 69.6 Å². The number of carbonyl (C=O) groups is 1. The van der Waals surface area contributed by atoms with E-state index in [2.05, 4.69) is 32.9 Å². The summed E-state index contributed by atoms with van der Waals surface area (Å²) in [6.45, 7) is 10.8. The first-order chi connectivity index (χ1) is 17.9. The molecule has 2 aromatic carbocycles. The van der Waals surface area contributed by atoms with Crippen LogP contribution in [0.4, 0.5) is 0 Å². The number of rotatable bonds is 9. The number of benzene rings is 2. The zero-order chi connectivity index (χ0) is 26.5. The van der Waals surface area contributed by atoms with E-state index >= 15 is 0 Å². The quantitative estimate of drug-likeness (QED) is 0.370. The molecule has 0 fully saturated rings. The lowest BCUT2D eigenvalue weighted by Crippen LogP contribution is -2.40. The number of fused-ring (bicyclic) bond motifs is 1. The van der Waals surface area contributed by atoms with Crippen molar-refractivity contribution >= 4 is 23.4 Å². The summed E-state index contributed by atoms with van der Waals surface area (Å²) in [4.78, 5) is 32.6. The molecule has 0 bridgehead atoms. The third kappa shape index (κ3) is 5.47. The van der Waals surface area contributed by atoms with E-state index in [1.54, 1.807) is 11.5 Å². The van der Waals surface area contributed by atoms with Crippen LogP contribution in [0, 0.1) is 0 Å². The summed E-state index contributed by atoms with van der Waals surface area (Å²) in [5.74, 6) is 0.663. The minimum atomic E-state index is -0.609. The highest BCUT2D eigenvalue weighted by molar-refractivity contribution is 7.07. The maximum absolute atomic E-state index is 13.9. The molecule has 1 aromatic heterocycles. The third-order valence-corrected chi connectivity index (χ3v) is 7.30. The van der Waals surface area contributed by atoms with E-state index in [0.29, 0.717) is 39.5 Å². The van der Waals surface area contributed by atoms with Crippen molar-refractivity contribution in [3.8, 4) is 5.75 Å². The Morgan fingerprint density at radius 1 is 1.08 bits per heavy atom. The molecule has 4 rings (SSSR count). The van der Waals surface area contributed by atoms with Gasteiger partial charge in [0.2, 0.25) is 0 Å². The van der Waals surface area contributed by atoms with Gasteiger partial charge < -0.3 is 9.47 Å². The molecule has 0 aliphatic carbocycles. The Morgan fingerprint density at radius 3 is 2.46 bits per heavy atom. The number of esters is 1. The molecule has 0 unspecified atom stereocenters. The summed E-state index contributed by atoms with van der Waals surface area (Å²) >= 11 is 1.33.